The molecule has 2 aromatic rings. The molecule has 1 heterocycles. The summed E-state index contributed by atoms with van der Waals surface area (Å²) in [6.07, 6.45) is 4.20. The lowest BCUT2D eigenvalue weighted by atomic mass is 9.82. The fourth-order valence-corrected chi connectivity index (χ4v) is 5.21. The number of hydrogen-bond donors (Lipinski definition) is 2. The Balaban J connectivity index is 1.36. The molecule has 7 heteroatoms. The van der Waals surface area contributed by atoms with E-state index in [-0.39, 0.29) is 18.4 Å². The van der Waals surface area contributed by atoms with E-state index in [1.54, 1.807) is 11.8 Å². The molecule has 0 aromatic heterocycles. The second-order valence-electron chi connectivity index (χ2n) is 8.41. The Morgan fingerprint density at radius 1 is 1.06 bits per heavy atom. The van der Waals surface area contributed by atoms with E-state index in [1.807, 2.05) is 24.3 Å². The first kappa shape index (κ1) is 21.4. The molecule has 4 amide bonds. The first-order chi connectivity index (χ1) is 14.9. The van der Waals surface area contributed by atoms with E-state index in [9.17, 15) is 14.4 Å². The van der Waals surface area contributed by atoms with Crippen LogP contribution < -0.4 is 10.6 Å². The van der Waals surface area contributed by atoms with Gasteiger partial charge in [-0.05, 0) is 68.1 Å². The molecule has 0 bridgehead atoms. The smallest absolute Gasteiger partial charge is 0.325 e. The van der Waals surface area contributed by atoms with Gasteiger partial charge in [-0.25, -0.2) is 4.79 Å². The maximum absolute atomic E-state index is 12.8. The number of imide groups is 1. The molecule has 0 unspecified atom stereocenters. The first-order valence-electron chi connectivity index (χ1n) is 10.7. The lowest BCUT2D eigenvalue weighted by Crippen LogP contribution is -2.48. The number of anilines is 1. The molecule has 6 nitrogen and oxygen atoms in total. The zero-order valence-corrected chi connectivity index (χ0v) is 18.7. The highest BCUT2D eigenvalue weighted by molar-refractivity contribution is 7.99. The topological polar surface area (TPSA) is 78.5 Å². The van der Waals surface area contributed by atoms with Crippen molar-refractivity contribution >= 4 is 35.3 Å². The van der Waals surface area contributed by atoms with Gasteiger partial charge in [0.25, 0.3) is 5.91 Å². The van der Waals surface area contributed by atoms with Crippen molar-refractivity contribution in [2.24, 2.45) is 0 Å². The van der Waals surface area contributed by atoms with Crippen molar-refractivity contribution in [3.05, 3.63) is 53.6 Å². The van der Waals surface area contributed by atoms with Crippen LogP contribution >= 0.6 is 11.8 Å². The number of amides is 4. The molecule has 4 rings (SSSR count). The fourth-order valence-electron chi connectivity index (χ4n) is 4.21. The highest BCUT2D eigenvalue weighted by Crippen LogP contribution is 2.34. The molecule has 0 radical (unpaired) electrons. The van der Waals surface area contributed by atoms with Gasteiger partial charge in [0.05, 0.1) is 0 Å². The van der Waals surface area contributed by atoms with E-state index in [2.05, 4.69) is 42.7 Å². The Hall–Kier alpha value is -2.80. The molecule has 31 heavy (non-hydrogen) atoms. The molecule has 1 aliphatic heterocycles. The highest BCUT2D eigenvalue weighted by Gasteiger charge is 2.51. The highest BCUT2D eigenvalue weighted by atomic mass is 32.2. The van der Waals surface area contributed by atoms with Crippen molar-refractivity contribution in [3.8, 4) is 0 Å². The van der Waals surface area contributed by atoms with Crippen LogP contribution in [-0.2, 0) is 9.59 Å². The van der Waals surface area contributed by atoms with Crippen LogP contribution in [0.15, 0.2) is 52.3 Å². The van der Waals surface area contributed by atoms with Gasteiger partial charge in [0.15, 0.2) is 0 Å². The first-order valence-corrected chi connectivity index (χ1v) is 11.5. The number of benzene rings is 2. The third kappa shape index (κ3) is 4.61. The maximum atomic E-state index is 12.8. The SMILES string of the molecule is Cc1ccc(C)c(Sc2ccc(NC(=O)CN3C(=O)NC4(CCCCC4)C3=O)cc2)c1. The Morgan fingerprint density at radius 3 is 2.48 bits per heavy atom. The molecule has 162 valence electrons. The lowest BCUT2D eigenvalue weighted by molar-refractivity contribution is -0.134. The maximum Gasteiger partial charge on any atom is 0.325 e. The average molecular weight is 438 g/mol. The van der Waals surface area contributed by atoms with Gasteiger partial charge in [-0.1, -0.05) is 43.2 Å². The van der Waals surface area contributed by atoms with Gasteiger partial charge < -0.3 is 10.6 Å². The van der Waals surface area contributed by atoms with Crippen LogP contribution in [0.25, 0.3) is 0 Å². The predicted molar refractivity (Wildman–Crippen MR) is 121 cm³/mol. The van der Waals surface area contributed by atoms with Gasteiger partial charge in [-0.3, -0.25) is 14.5 Å². The van der Waals surface area contributed by atoms with Gasteiger partial charge in [-0.15, -0.1) is 0 Å². The van der Waals surface area contributed by atoms with Crippen molar-refractivity contribution in [3.63, 3.8) is 0 Å². The Labute approximate surface area is 186 Å². The summed E-state index contributed by atoms with van der Waals surface area (Å²) in [6, 6.07) is 13.5. The molecule has 1 saturated carbocycles. The summed E-state index contributed by atoms with van der Waals surface area (Å²) in [5.74, 6) is -0.654. The van der Waals surface area contributed by atoms with Crippen LogP contribution in [0.4, 0.5) is 10.5 Å². The number of nitrogens with zero attached hydrogens (tertiary/aromatic N) is 1. The molecule has 1 aliphatic carbocycles. The van der Waals surface area contributed by atoms with Crippen LogP contribution in [0, 0.1) is 13.8 Å². The Morgan fingerprint density at radius 2 is 1.77 bits per heavy atom. The number of aryl methyl sites for hydroxylation is 2. The standard InChI is InChI=1S/C24H27N3O3S/c1-16-6-7-17(2)20(14-16)31-19-10-8-18(9-11-19)25-21(28)15-27-22(29)24(26-23(27)30)12-4-3-5-13-24/h6-11,14H,3-5,12-13,15H2,1-2H3,(H,25,28)(H,26,30). The molecule has 0 atom stereocenters. The van der Waals surface area contributed by atoms with Crippen molar-refractivity contribution in [1.82, 2.24) is 10.2 Å². The predicted octanol–water partition coefficient (Wildman–Crippen LogP) is 4.65. The second-order valence-corrected chi connectivity index (χ2v) is 9.52. The second kappa shape index (κ2) is 8.75. The van der Waals surface area contributed by atoms with E-state index in [0.29, 0.717) is 18.5 Å². The number of carbonyl (C=O) groups excluding carboxylic acids is 3. The van der Waals surface area contributed by atoms with Crippen LogP contribution in [0.3, 0.4) is 0 Å². The van der Waals surface area contributed by atoms with Crippen LogP contribution in [0.1, 0.15) is 43.2 Å². The number of rotatable bonds is 5. The summed E-state index contributed by atoms with van der Waals surface area (Å²) in [6.45, 7) is 3.89. The Bertz CT molecular complexity index is 1010. The largest absolute Gasteiger partial charge is 0.325 e. The van der Waals surface area contributed by atoms with E-state index in [0.717, 1.165) is 29.1 Å². The summed E-state index contributed by atoms with van der Waals surface area (Å²) in [5, 5.41) is 5.62. The van der Waals surface area contributed by atoms with Crippen LogP contribution in [0.5, 0.6) is 0 Å². The number of hydrogen-bond acceptors (Lipinski definition) is 4. The third-order valence-electron chi connectivity index (χ3n) is 5.96. The number of urea groups is 1. The minimum atomic E-state index is -0.803. The number of nitrogens with one attached hydrogen (secondary N) is 2. The van der Waals surface area contributed by atoms with Gasteiger partial charge >= 0.3 is 6.03 Å². The summed E-state index contributed by atoms with van der Waals surface area (Å²) < 4.78 is 0. The summed E-state index contributed by atoms with van der Waals surface area (Å²) in [4.78, 5) is 41.0. The molecular formula is C24H27N3O3S. The molecule has 2 fully saturated rings. The Kier molecular flexibility index (Phi) is 6.05. The molecule has 2 aliphatic rings. The molecule has 1 spiro atoms. The monoisotopic (exact) mass is 437 g/mol. The lowest BCUT2D eigenvalue weighted by Gasteiger charge is -2.30. The van der Waals surface area contributed by atoms with Gasteiger partial charge in [0, 0.05) is 15.5 Å². The van der Waals surface area contributed by atoms with Crippen molar-refractivity contribution in [1.29, 1.82) is 0 Å². The zero-order chi connectivity index (χ0) is 22.0. The summed E-state index contributed by atoms with van der Waals surface area (Å²) in [5.41, 5.74) is 2.27. The van der Waals surface area contributed by atoms with Gasteiger partial charge in [0.1, 0.15) is 12.1 Å². The molecular weight excluding hydrogens is 410 g/mol. The van der Waals surface area contributed by atoms with Crippen molar-refractivity contribution < 1.29 is 14.4 Å². The van der Waals surface area contributed by atoms with E-state index >= 15 is 0 Å². The van der Waals surface area contributed by atoms with Gasteiger partial charge in [-0.2, -0.15) is 0 Å². The fraction of sp³-hybridized carbons (Fsp3) is 0.375. The van der Waals surface area contributed by atoms with E-state index < -0.39 is 11.6 Å². The van der Waals surface area contributed by atoms with Crippen LogP contribution in [-0.4, -0.2) is 34.8 Å². The summed E-state index contributed by atoms with van der Waals surface area (Å²) in [7, 11) is 0. The molecule has 2 N–H and O–H groups in total. The zero-order valence-electron chi connectivity index (χ0n) is 17.9. The quantitative estimate of drug-likeness (QED) is 0.668. The molecule has 2 aromatic carbocycles. The minimum Gasteiger partial charge on any atom is -0.325 e. The summed E-state index contributed by atoms with van der Waals surface area (Å²) >= 11 is 1.68. The van der Waals surface area contributed by atoms with E-state index in [1.165, 1.54) is 16.0 Å². The van der Waals surface area contributed by atoms with E-state index in [4.69, 9.17) is 0 Å². The van der Waals surface area contributed by atoms with Crippen molar-refractivity contribution in [2.75, 3.05) is 11.9 Å². The average Bonchev–Trinajstić information content (AvgIpc) is 2.96. The minimum absolute atomic E-state index is 0.271. The third-order valence-corrected chi connectivity index (χ3v) is 7.13. The normalized spacial score (nSPS) is 17.7. The number of carbonyl (C=O) groups is 3. The van der Waals surface area contributed by atoms with Crippen molar-refractivity contribution in [2.45, 2.75) is 61.3 Å². The van der Waals surface area contributed by atoms with Crippen LogP contribution in [0.2, 0.25) is 0 Å². The molecule has 1 saturated heterocycles. The van der Waals surface area contributed by atoms with Gasteiger partial charge in [0.2, 0.25) is 5.91 Å².